The minimum Gasteiger partial charge on any atom is -0.454 e. The van der Waals surface area contributed by atoms with Gasteiger partial charge in [0.15, 0.2) is 17.7 Å². The molecule has 0 saturated heterocycles. The van der Waals surface area contributed by atoms with Crippen LogP contribution in [0.3, 0.4) is 0 Å². The van der Waals surface area contributed by atoms with Crippen LogP contribution >= 0.6 is 0 Å². The zero-order chi connectivity index (χ0) is 18.9. The second-order valence-corrected chi connectivity index (χ2v) is 9.04. The standard InChI is InChI=1S/C21H26O5/c1-11(22)26-16-7-9-20(2)13-6-8-21(3)12(4-5-17(21)24)18(13)15(23)10-14(20)19(16)25/h10,12-13,16,18H,4-9H2,1-3H3/t12-,13+,16?,18-,20+,21-/m0/s1. The average Bonchev–Trinajstić information content (AvgIpc) is 2.88. The van der Waals surface area contributed by atoms with Crippen LogP contribution in [0.5, 0.6) is 0 Å². The molecule has 0 radical (unpaired) electrons. The molecule has 0 aromatic rings. The molecule has 0 aromatic carbocycles. The van der Waals surface area contributed by atoms with E-state index in [1.165, 1.54) is 13.0 Å². The minimum absolute atomic E-state index is 0.00933. The maximum Gasteiger partial charge on any atom is 0.303 e. The van der Waals surface area contributed by atoms with Gasteiger partial charge in [-0.2, -0.15) is 0 Å². The molecule has 1 unspecified atom stereocenters. The van der Waals surface area contributed by atoms with E-state index in [0.29, 0.717) is 24.2 Å². The fraction of sp³-hybridized carbons (Fsp3) is 0.714. The summed E-state index contributed by atoms with van der Waals surface area (Å²) in [6.07, 6.45) is 4.94. The van der Waals surface area contributed by atoms with Crippen LogP contribution in [0, 0.1) is 28.6 Å². The molecule has 4 aliphatic rings. The number of esters is 1. The molecule has 4 rings (SSSR count). The third-order valence-corrected chi connectivity index (χ3v) is 7.82. The summed E-state index contributed by atoms with van der Waals surface area (Å²) in [7, 11) is 0. The molecule has 26 heavy (non-hydrogen) atoms. The van der Waals surface area contributed by atoms with Gasteiger partial charge < -0.3 is 4.74 Å². The lowest BCUT2D eigenvalue weighted by Gasteiger charge is -2.55. The number of rotatable bonds is 1. The summed E-state index contributed by atoms with van der Waals surface area (Å²) in [5.74, 6) is -0.360. The molecule has 0 heterocycles. The molecule has 0 spiro atoms. The van der Waals surface area contributed by atoms with Crippen molar-refractivity contribution in [3.05, 3.63) is 11.6 Å². The smallest absolute Gasteiger partial charge is 0.303 e. The normalized spacial score (nSPS) is 44.7. The van der Waals surface area contributed by atoms with Gasteiger partial charge in [-0.25, -0.2) is 0 Å². The number of hydrogen-bond donors (Lipinski definition) is 0. The summed E-state index contributed by atoms with van der Waals surface area (Å²) in [6, 6.07) is 0. The largest absolute Gasteiger partial charge is 0.454 e. The van der Waals surface area contributed by atoms with Crippen LogP contribution in [0.15, 0.2) is 11.6 Å². The lowest BCUT2D eigenvalue weighted by Crippen LogP contribution is -2.55. The predicted octanol–water partition coefficient (Wildman–Crippen LogP) is 2.81. The third kappa shape index (κ3) is 2.21. The molecule has 0 aliphatic heterocycles. The van der Waals surface area contributed by atoms with E-state index in [9.17, 15) is 19.2 Å². The van der Waals surface area contributed by atoms with Gasteiger partial charge in [-0.1, -0.05) is 13.8 Å². The van der Waals surface area contributed by atoms with Gasteiger partial charge in [0.1, 0.15) is 5.78 Å². The second kappa shape index (κ2) is 5.61. The SMILES string of the molecule is CC(=O)OC1CC[C@@]2(C)C(=CC(=O)[C@@H]3[C@H]2CC[C@]2(C)C(=O)CC[C@@H]32)C1=O. The first-order valence-corrected chi connectivity index (χ1v) is 9.69. The molecular formula is C21H26O5. The summed E-state index contributed by atoms with van der Waals surface area (Å²) >= 11 is 0. The average molecular weight is 358 g/mol. The van der Waals surface area contributed by atoms with Gasteiger partial charge in [0, 0.05) is 30.3 Å². The molecular weight excluding hydrogens is 332 g/mol. The summed E-state index contributed by atoms with van der Waals surface area (Å²) in [6.45, 7) is 5.42. The van der Waals surface area contributed by atoms with Crippen molar-refractivity contribution < 1.29 is 23.9 Å². The first-order valence-electron chi connectivity index (χ1n) is 9.69. The number of ether oxygens (including phenoxy) is 1. The van der Waals surface area contributed by atoms with Crippen LogP contribution in [0.25, 0.3) is 0 Å². The van der Waals surface area contributed by atoms with Gasteiger partial charge in [-0.3, -0.25) is 19.2 Å². The Balaban J connectivity index is 1.72. The zero-order valence-corrected chi connectivity index (χ0v) is 15.7. The highest BCUT2D eigenvalue weighted by Crippen LogP contribution is 2.62. The van der Waals surface area contributed by atoms with Crippen molar-refractivity contribution in [3.63, 3.8) is 0 Å². The highest BCUT2D eigenvalue weighted by atomic mass is 16.5. The number of hydrogen-bond acceptors (Lipinski definition) is 5. The molecule has 4 aliphatic carbocycles. The fourth-order valence-corrected chi connectivity index (χ4v) is 6.35. The molecule has 0 bridgehead atoms. The van der Waals surface area contributed by atoms with Crippen molar-refractivity contribution >= 4 is 23.3 Å². The van der Waals surface area contributed by atoms with Crippen LogP contribution in [0.1, 0.15) is 59.3 Å². The molecule has 0 N–H and O–H groups in total. The Kier molecular flexibility index (Phi) is 3.80. The Morgan fingerprint density at radius 1 is 1.04 bits per heavy atom. The van der Waals surface area contributed by atoms with Crippen molar-refractivity contribution in [2.45, 2.75) is 65.4 Å². The van der Waals surface area contributed by atoms with Gasteiger partial charge in [-0.15, -0.1) is 0 Å². The molecule has 140 valence electrons. The van der Waals surface area contributed by atoms with Crippen molar-refractivity contribution in [2.75, 3.05) is 0 Å². The quantitative estimate of drug-likeness (QED) is 0.674. The Hall–Kier alpha value is -1.78. The van der Waals surface area contributed by atoms with Crippen LogP contribution in [0.2, 0.25) is 0 Å². The van der Waals surface area contributed by atoms with Gasteiger partial charge in [-0.05, 0) is 55.4 Å². The molecule has 3 saturated carbocycles. The highest BCUT2D eigenvalue weighted by molar-refractivity contribution is 6.09. The summed E-state index contributed by atoms with van der Waals surface area (Å²) < 4.78 is 5.18. The summed E-state index contributed by atoms with van der Waals surface area (Å²) in [5.41, 5.74) is -0.203. The van der Waals surface area contributed by atoms with E-state index in [2.05, 4.69) is 6.92 Å². The van der Waals surface area contributed by atoms with Crippen molar-refractivity contribution in [3.8, 4) is 0 Å². The fourth-order valence-electron chi connectivity index (χ4n) is 6.35. The van der Waals surface area contributed by atoms with Crippen LogP contribution in [0.4, 0.5) is 0 Å². The monoisotopic (exact) mass is 358 g/mol. The molecule has 0 amide bonds. The van der Waals surface area contributed by atoms with E-state index in [1.807, 2.05) is 6.92 Å². The van der Waals surface area contributed by atoms with Crippen LogP contribution in [-0.2, 0) is 23.9 Å². The maximum absolute atomic E-state index is 13.0. The molecule has 5 heteroatoms. The lowest BCUT2D eigenvalue weighted by molar-refractivity contribution is -0.156. The van der Waals surface area contributed by atoms with Gasteiger partial charge in [0.05, 0.1) is 0 Å². The Morgan fingerprint density at radius 2 is 1.69 bits per heavy atom. The van der Waals surface area contributed by atoms with Gasteiger partial charge in [0.2, 0.25) is 0 Å². The Labute approximate surface area is 153 Å². The third-order valence-electron chi connectivity index (χ3n) is 7.82. The maximum atomic E-state index is 13.0. The van der Waals surface area contributed by atoms with Crippen LogP contribution < -0.4 is 0 Å². The molecule has 6 atom stereocenters. The summed E-state index contributed by atoms with van der Waals surface area (Å²) in [5, 5.41) is 0. The van der Waals surface area contributed by atoms with Crippen molar-refractivity contribution in [1.29, 1.82) is 0 Å². The second-order valence-electron chi connectivity index (χ2n) is 9.04. The highest BCUT2D eigenvalue weighted by Gasteiger charge is 2.62. The number of ketones is 3. The Morgan fingerprint density at radius 3 is 2.38 bits per heavy atom. The number of carbonyl (C=O) groups is 4. The van der Waals surface area contributed by atoms with E-state index >= 15 is 0 Å². The first-order chi connectivity index (χ1) is 12.2. The molecule has 3 fully saturated rings. The number of carbonyl (C=O) groups excluding carboxylic acids is 4. The van der Waals surface area contributed by atoms with Crippen molar-refractivity contribution in [1.82, 2.24) is 0 Å². The number of Topliss-reactive ketones (excluding diaryl/α,β-unsaturated/α-hetero) is 2. The van der Waals surface area contributed by atoms with Crippen LogP contribution in [-0.4, -0.2) is 29.4 Å². The summed E-state index contributed by atoms with van der Waals surface area (Å²) in [4.78, 5) is 49.7. The molecule has 0 aromatic heterocycles. The topological polar surface area (TPSA) is 77.5 Å². The van der Waals surface area contributed by atoms with E-state index < -0.39 is 12.1 Å². The predicted molar refractivity (Wildman–Crippen MR) is 93.0 cm³/mol. The van der Waals surface area contributed by atoms with Gasteiger partial charge in [0.25, 0.3) is 0 Å². The van der Waals surface area contributed by atoms with Crippen molar-refractivity contribution in [2.24, 2.45) is 28.6 Å². The first kappa shape index (κ1) is 17.6. The van der Waals surface area contributed by atoms with E-state index in [1.54, 1.807) is 0 Å². The van der Waals surface area contributed by atoms with E-state index in [4.69, 9.17) is 4.74 Å². The zero-order valence-electron chi connectivity index (χ0n) is 15.7. The molecule has 5 nitrogen and oxygen atoms in total. The number of fused-ring (bicyclic) bond motifs is 5. The Bertz CT molecular complexity index is 750. The van der Waals surface area contributed by atoms with Gasteiger partial charge >= 0.3 is 5.97 Å². The lowest BCUT2D eigenvalue weighted by atomic mass is 9.47. The minimum atomic E-state index is -0.766. The van der Waals surface area contributed by atoms with E-state index in [0.717, 1.165) is 25.7 Å². The number of allylic oxidation sites excluding steroid dienone is 1. The van der Waals surface area contributed by atoms with E-state index in [-0.39, 0.29) is 40.2 Å².